The van der Waals surface area contributed by atoms with Gasteiger partial charge in [-0.3, -0.25) is 0 Å². The third-order valence-electron chi connectivity index (χ3n) is 3.05. The molecule has 0 aliphatic heterocycles. The first kappa shape index (κ1) is 14.1. The van der Waals surface area contributed by atoms with Crippen LogP contribution in [0.2, 0.25) is 0 Å². The van der Waals surface area contributed by atoms with Crippen molar-refractivity contribution in [1.29, 1.82) is 0 Å². The summed E-state index contributed by atoms with van der Waals surface area (Å²) in [6.07, 6.45) is 5.88. The minimum Gasteiger partial charge on any atom is -0.370 e. The van der Waals surface area contributed by atoms with E-state index < -0.39 is 0 Å². The smallest absolute Gasteiger partial charge is 0.188 e. The van der Waals surface area contributed by atoms with Crippen LogP contribution in [0.15, 0.2) is 17.1 Å². The summed E-state index contributed by atoms with van der Waals surface area (Å²) in [5.41, 5.74) is 8.10. The van der Waals surface area contributed by atoms with Gasteiger partial charge in [0.2, 0.25) is 0 Å². The first-order valence-electron chi connectivity index (χ1n) is 6.81. The molecule has 3 N–H and O–H groups in total. The van der Waals surface area contributed by atoms with Crippen LogP contribution in [0.3, 0.4) is 0 Å². The number of nitrogens with zero attached hydrogens (tertiary/aromatic N) is 2. The van der Waals surface area contributed by atoms with Crippen LogP contribution in [0, 0.1) is 0 Å². The molecule has 19 heavy (non-hydrogen) atoms. The van der Waals surface area contributed by atoms with Crippen molar-refractivity contribution < 1.29 is 0 Å². The summed E-state index contributed by atoms with van der Waals surface area (Å²) in [6, 6.07) is 0. The predicted octanol–water partition coefficient (Wildman–Crippen LogP) is 2.04. The van der Waals surface area contributed by atoms with Crippen LogP contribution in [0.1, 0.15) is 35.3 Å². The van der Waals surface area contributed by atoms with Gasteiger partial charge in [0.25, 0.3) is 0 Å². The van der Waals surface area contributed by atoms with Gasteiger partial charge in [0.05, 0.1) is 17.2 Å². The Morgan fingerprint density at radius 1 is 1.47 bits per heavy atom. The van der Waals surface area contributed by atoms with Crippen LogP contribution in [0.25, 0.3) is 0 Å². The van der Waals surface area contributed by atoms with Crippen molar-refractivity contribution in [2.45, 2.75) is 39.0 Å². The van der Waals surface area contributed by atoms with Crippen molar-refractivity contribution in [2.75, 3.05) is 13.1 Å². The second-order valence-electron chi connectivity index (χ2n) is 5.02. The van der Waals surface area contributed by atoms with Crippen molar-refractivity contribution in [2.24, 2.45) is 10.7 Å². The van der Waals surface area contributed by atoms with E-state index >= 15 is 0 Å². The van der Waals surface area contributed by atoms with Gasteiger partial charge in [0.15, 0.2) is 5.96 Å². The molecule has 1 heterocycles. The number of hydrogen-bond acceptors (Lipinski definition) is 3. The average molecular weight is 278 g/mol. The molecule has 0 amide bonds. The average Bonchev–Trinajstić information content (AvgIpc) is 2.79. The van der Waals surface area contributed by atoms with Gasteiger partial charge in [-0.2, -0.15) is 0 Å². The second kappa shape index (κ2) is 6.70. The van der Waals surface area contributed by atoms with Crippen LogP contribution in [-0.2, 0) is 19.3 Å². The van der Waals surface area contributed by atoms with Crippen LogP contribution in [0.4, 0.5) is 0 Å². The van der Waals surface area contributed by atoms with Crippen molar-refractivity contribution >= 4 is 17.3 Å². The maximum Gasteiger partial charge on any atom is 0.188 e. The molecule has 104 valence electrons. The molecule has 1 aromatic rings. The first-order chi connectivity index (χ1) is 9.15. The molecular weight excluding hydrogens is 256 g/mol. The number of nitrogens with one attached hydrogen (secondary N) is 1. The summed E-state index contributed by atoms with van der Waals surface area (Å²) in [6.45, 7) is 7.11. The third-order valence-corrected chi connectivity index (χ3v) is 4.27. The van der Waals surface area contributed by atoms with E-state index in [2.05, 4.69) is 16.9 Å². The molecule has 0 bridgehead atoms. The summed E-state index contributed by atoms with van der Waals surface area (Å²) in [5.74, 6) is 0.490. The lowest BCUT2D eigenvalue weighted by molar-refractivity contribution is 0.680. The lowest BCUT2D eigenvalue weighted by atomic mass is 10.0. The van der Waals surface area contributed by atoms with Gasteiger partial charge in [-0.25, -0.2) is 9.98 Å². The predicted molar refractivity (Wildman–Crippen MR) is 81.8 cm³/mol. The van der Waals surface area contributed by atoms with Gasteiger partial charge in [-0.15, -0.1) is 11.3 Å². The van der Waals surface area contributed by atoms with Crippen molar-refractivity contribution in [3.63, 3.8) is 0 Å². The minimum absolute atomic E-state index is 0.490. The first-order valence-corrected chi connectivity index (χ1v) is 7.62. The monoisotopic (exact) mass is 278 g/mol. The number of thiazole rings is 1. The molecule has 1 aliphatic rings. The molecule has 4 nitrogen and oxygen atoms in total. The van der Waals surface area contributed by atoms with E-state index in [1.807, 2.05) is 18.3 Å². The van der Waals surface area contributed by atoms with Crippen LogP contribution in [0.5, 0.6) is 0 Å². The number of aliphatic imine (C=N–C) groups is 1. The van der Waals surface area contributed by atoms with Crippen LogP contribution >= 0.6 is 11.3 Å². The SMILES string of the molecule is C=C(C)CN=C(N)NCCc1nc2c(s1)CCCC2. The van der Waals surface area contributed by atoms with Gasteiger partial charge in [-0.05, 0) is 32.6 Å². The molecule has 0 radical (unpaired) electrons. The summed E-state index contributed by atoms with van der Waals surface area (Å²) >= 11 is 1.86. The number of aryl methyl sites for hydroxylation is 2. The largest absolute Gasteiger partial charge is 0.370 e. The highest BCUT2D eigenvalue weighted by atomic mass is 32.1. The number of nitrogens with two attached hydrogens (primary N) is 1. The van der Waals surface area contributed by atoms with Crippen molar-refractivity contribution in [3.8, 4) is 0 Å². The summed E-state index contributed by atoms with van der Waals surface area (Å²) in [7, 11) is 0. The number of guanidine groups is 1. The number of hydrogen-bond donors (Lipinski definition) is 2. The Hall–Kier alpha value is -1.36. The summed E-state index contributed by atoms with van der Waals surface area (Å²) in [4.78, 5) is 10.4. The van der Waals surface area contributed by atoms with Crippen LogP contribution in [-0.4, -0.2) is 24.0 Å². The zero-order chi connectivity index (χ0) is 13.7. The quantitative estimate of drug-likeness (QED) is 0.492. The molecule has 0 fully saturated rings. The van der Waals surface area contributed by atoms with Crippen molar-refractivity contribution in [1.82, 2.24) is 10.3 Å². The Bertz CT molecular complexity index is 452. The minimum atomic E-state index is 0.490. The molecule has 1 aromatic heterocycles. The molecule has 0 aromatic carbocycles. The van der Waals surface area contributed by atoms with E-state index in [0.717, 1.165) is 25.0 Å². The maximum atomic E-state index is 5.76. The van der Waals surface area contributed by atoms with Gasteiger partial charge in [0.1, 0.15) is 0 Å². The normalized spacial score (nSPS) is 15.1. The molecule has 1 aliphatic carbocycles. The van der Waals surface area contributed by atoms with E-state index in [4.69, 9.17) is 10.7 Å². The topological polar surface area (TPSA) is 63.3 Å². The molecule has 0 saturated heterocycles. The maximum absolute atomic E-state index is 5.76. The fraction of sp³-hybridized carbons (Fsp3) is 0.571. The van der Waals surface area contributed by atoms with Gasteiger partial charge in [0, 0.05) is 17.8 Å². The fourth-order valence-electron chi connectivity index (χ4n) is 2.09. The summed E-state index contributed by atoms with van der Waals surface area (Å²) < 4.78 is 0. The highest BCUT2D eigenvalue weighted by Gasteiger charge is 2.14. The van der Waals surface area contributed by atoms with Gasteiger partial charge >= 0.3 is 0 Å². The Morgan fingerprint density at radius 2 is 2.26 bits per heavy atom. The van der Waals surface area contributed by atoms with Crippen molar-refractivity contribution in [3.05, 3.63) is 27.7 Å². The second-order valence-corrected chi connectivity index (χ2v) is 6.19. The number of rotatable bonds is 5. The number of fused-ring (bicyclic) bond motifs is 1. The lowest BCUT2D eigenvalue weighted by Crippen LogP contribution is -2.33. The molecule has 5 heteroatoms. The Kier molecular flexibility index (Phi) is 4.96. The highest BCUT2D eigenvalue weighted by molar-refractivity contribution is 7.11. The van der Waals surface area contributed by atoms with E-state index in [1.165, 1.54) is 34.8 Å². The molecule has 0 unspecified atom stereocenters. The fourth-order valence-corrected chi connectivity index (χ4v) is 3.24. The van der Waals surface area contributed by atoms with Gasteiger partial charge < -0.3 is 11.1 Å². The lowest BCUT2D eigenvalue weighted by Gasteiger charge is -2.06. The van der Waals surface area contributed by atoms with Gasteiger partial charge in [-0.1, -0.05) is 12.2 Å². The molecule has 0 atom stereocenters. The third kappa shape index (κ3) is 4.35. The van der Waals surface area contributed by atoms with E-state index in [-0.39, 0.29) is 0 Å². The standard InChI is InChI=1S/C14H22N4S/c1-10(2)9-17-14(15)16-8-7-13-18-11-5-3-4-6-12(11)19-13/h1,3-9H2,2H3,(H3,15,16,17). The molecular formula is C14H22N4S. The zero-order valence-electron chi connectivity index (χ0n) is 11.5. The molecule has 0 saturated carbocycles. The Balaban J connectivity index is 1.78. The van der Waals surface area contributed by atoms with E-state index in [1.54, 1.807) is 0 Å². The Morgan fingerprint density at radius 3 is 3.00 bits per heavy atom. The van der Waals surface area contributed by atoms with E-state index in [9.17, 15) is 0 Å². The number of aromatic nitrogens is 1. The van der Waals surface area contributed by atoms with E-state index in [0.29, 0.717) is 12.5 Å². The van der Waals surface area contributed by atoms with Crippen LogP contribution < -0.4 is 11.1 Å². The highest BCUT2D eigenvalue weighted by Crippen LogP contribution is 2.26. The molecule has 2 rings (SSSR count). The summed E-state index contributed by atoms with van der Waals surface area (Å²) in [5, 5.41) is 4.34. The molecule has 0 spiro atoms. The zero-order valence-corrected chi connectivity index (χ0v) is 12.4. The Labute approximate surface area is 118 Å².